The Morgan fingerprint density at radius 1 is 1.39 bits per heavy atom. The summed E-state index contributed by atoms with van der Waals surface area (Å²) in [5.74, 6) is 0.0401. The molecule has 0 atom stereocenters. The lowest BCUT2D eigenvalue weighted by molar-refractivity contribution is 0.0908. The van der Waals surface area contributed by atoms with Gasteiger partial charge in [-0.3, -0.25) is 4.79 Å². The summed E-state index contributed by atoms with van der Waals surface area (Å²) in [7, 11) is 0. The third-order valence-electron chi connectivity index (χ3n) is 3.74. The zero-order valence-corrected chi connectivity index (χ0v) is 11.0. The molecular formula is C15H22N2O. The van der Waals surface area contributed by atoms with Gasteiger partial charge in [-0.2, -0.15) is 0 Å². The molecule has 0 aliphatic heterocycles. The van der Waals surface area contributed by atoms with E-state index in [0.717, 1.165) is 30.4 Å². The summed E-state index contributed by atoms with van der Waals surface area (Å²) in [6.07, 6.45) is 5.41. The second-order valence-corrected chi connectivity index (χ2v) is 5.46. The van der Waals surface area contributed by atoms with E-state index < -0.39 is 0 Å². The van der Waals surface area contributed by atoms with Gasteiger partial charge in [0.25, 0.3) is 5.91 Å². The van der Waals surface area contributed by atoms with E-state index in [1.807, 2.05) is 24.3 Å². The van der Waals surface area contributed by atoms with Crippen molar-refractivity contribution in [3.8, 4) is 0 Å². The summed E-state index contributed by atoms with van der Waals surface area (Å²) in [5, 5.41) is 3.17. The molecule has 18 heavy (non-hydrogen) atoms. The van der Waals surface area contributed by atoms with Crippen LogP contribution in [0.4, 0.5) is 0 Å². The van der Waals surface area contributed by atoms with E-state index in [2.05, 4.69) is 12.2 Å². The molecule has 0 heterocycles. The molecule has 1 amide bonds. The average molecular weight is 246 g/mol. The molecule has 1 fully saturated rings. The SMILES string of the molecule is CC1(NC(=O)c2cccc(CCN)c2)CCCC1. The molecule has 3 N–H and O–H groups in total. The van der Waals surface area contributed by atoms with Gasteiger partial charge in [-0.15, -0.1) is 0 Å². The summed E-state index contributed by atoms with van der Waals surface area (Å²) in [5.41, 5.74) is 7.40. The predicted molar refractivity (Wildman–Crippen MR) is 73.5 cm³/mol. The van der Waals surface area contributed by atoms with Gasteiger partial charge in [0.15, 0.2) is 0 Å². The van der Waals surface area contributed by atoms with Crippen molar-refractivity contribution >= 4 is 5.91 Å². The molecule has 3 heteroatoms. The lowest BCUT2D eigenvalue weighted by Gasteiger charge is -2.25. The second-order valence-electron chi connectivity index (χ2n) is 5.46. The lowest BCUT2D eigenvalue weighted by atomic mass is 9.99. The fraction of sp³-hybridized carbons (Fsp3) is 0.533. The van der Waals surface area contributed by atoms with Crippen molar-refractivity contribution in [1.29, 1.82) is 0 Å². The highest BCUT2D eigenvalue weighted by atomic mass is 16.1. The van der Waals surface area contributed by atoms with Gasteiger partial charge in [0.1, 0.15) is 0 Å². The number of benzene rings is 1. The molecule has 1 aromatic carbocycles. The first-order valence-electron chi connectivity index (χ1n) is 6.74. The van der Waals surface area contributed by atoms with Gasteiger partial charge in [-0.25, -0.2) is 0 Å². The maximum absolute atomic E-state index is 12.2. The number of carbonyl (C=O) groups excluding carboxylic acids is 1. The summed E-state index contributed by atoms with van der Waals surface area (Å²) in [6.45, 7) is 2.75. The Morgan fingerprint density at radius 3 is 2.78 bits per heavy atom. The van der Waals surface area contributed by atoms with Crippen LogP contribution in [0.3, 0.4) is 0 Å². The number of hydrogen-bond acceptors (Lipinski definition) is 2. The predicted octanol–water partition coefficient (Wildman–Crippen LogP) is 2.25. The van der Waals surface area contributed by atoms with E-state index in [4.69, 9.17) is 5.73 Å². The topological polar surface area (TPSA) is 55.1 Å². The van der Waals surface area contributed by atoms with Crippen LogP contribution in [0, 0.1) is 0 Å². The molecule has 1 aliphatic carbocycles. The van der Waals surface area contributed by atoms with Crippen LogP contribution >= 0.6 is 0 Å². The first-order chi connectivity index (χ1) is 8.63. The Labute approximate surface area is 109 Å². The van der Waals surface area contributed by atoms with Crippen molar-refractivity contribution < 1.29 is 4.79 Å². The van der Waals surface area contributed by atoms with E-state index >= 15 is 0 Å². The molecule has 0 unspecified atom stereocenters. The molecule has 0 bridgehead atoms. The van der Waals surface area contributed by atoms with Gasteiger partial charge in [-0.1, -0.05) is 25.0 Å². The van der Waals surface area contributed by atoms with E-state index in [9.17, 15) is 4.79 Å². The van der Waals surface area contributed by atoms with Crippen molar-refractivity contribution in [2.24, 2.45) is 5.73 Å². The Morgan fingerprint density at radius 2 is 2.11 bits per heavy atom. The first-order valence-corrected chi connectivity index (χ1v) is 6.74. The van der Waals surface area contributed by atoms with Crippen LogP contribution in [-0.2, 0) is 6.42 Å². The monoisotopic (exact) mass is 246 g/mol. The third-order valence-corrected chi connectivity index (χ3v) is 3.74. The zero-order valence-electron chi connectivity index (χ0n) is 11.0. The molecule has 1 saturated carbocycles. The standard InChI is InChI=1S/C15H22N2O/c1-15(8-2-3-9-15)17-14(18)13-6-4-5-12(11-13)7-10-16/h4-6,11H,2-3,7-10,16H2,1H3,(H,17,18). The summed E-state index contributed by atoms with van der Waals surface area (Å²) < 4.78 is 0. The van der Waals surface area contributed by atoms with Crippen molar-refractivity contribution in [2.75, 3.05) is 6.54 Å². The van der Waals surface area contributed by atoms with Crippen molar-refractivity contribution in [2.45, 2.75) is 44.6 Å². The van der Waals surface area contributed by atoms with Gasteiger partial charge < -0.3 is 11.1 Å². The summed E-state index contributed by atoms with van der Waals surface area (Å²) in [6, 6.07) is 7.76. The van der Waals surface area contributed by atoms with Gasteiger partial charge in [0.05, 0.1) is 0 Å². The number of hydrogen-bond donors (Lipinski definition) is 2. The van der Waals surface area contributed by atoms with Crippen LogP contribution < -0.4 is 11.1 Å². The van der Waals surface area contributed by atoms with E-state index in [1.54, 1.807) is 0 Å². The maximum Gasteiger partial charge on any atom is 0.251 e. The fourth-order valence-electron chi connectivity index (χ4n) is 2.66. The molecule has 1 aliphatic rings. The maximum atomic E-state index is 12.2. The number of nitrogens with one attached hydrogen (secondary N) is 1. The molecular weight excluding hydrogens is 224 g/mol. The van der Waals surface area contributed by atoms with Crippen LogP contribution in [0.25, 0.3) is 0 Å². The molecule has 2 rings (SSSR count). The summed E-state index contributed by atoms with van der Waals surface area (Å²) in [4.78, 5) is 12.2. The smallest absolute Gasteiger partial charge is 0.251 e. The van der Waals surface area contributed by atoms with Crippen LogP contribution in [0.1, 0.15) is 48.5 Å². The minimum Gasteiger partial charge on any atom is -0.347 e. The molecule has 0 radical (unpaired) electrons. The van der Waals surface area contributed by atoms with Crippen LogP contribution in [0.15, 0.2) is 24.3 Å². The molecule has 1 aromatic rings. The van der Waals surface area contributed by atoms with Gasteiger partial charge in [-0.05, 0) is 50.4 Å². The highest BCUT2D eigenvalue weighted by Crippen LogP contribution is 2.29. The molecule has 3 nitrogen and oxygen atoms in total. The van der Waals surface area contributed by atoms with E-state index in [1.165, 1.54) is 12.8 Å². The van der Waals surface area contributed by atoms with Crippen molar-refractivity contribution in [1.82, 2.24) is 5.32 Å². The highest BCUT2D eigenvalue weighted by molar-refractivity contribution is 5.94. The third kappa shape index (κ3) is 3.10. The van der Waals surface area contributed by atoms with Crippen molar-refractivity contribution in [3.63, 3.8) is 0 Å². The summed E-state index contributed by atoms with van der Waals surface area (Å²) >= 11 is 0. The highest BCUT2D eigenvalue weighted by Gasteiger charge is 2.30. The minimum atomic E-state index is -0.0129. The average Bonchev–Trinajstić information content (AvgIpc) is 2.76. The molecule has 98 valence electrons. The van der Waals surface area contributed by atoms with Crippen molar-refractivity contribution in [3.05, 3.63) is 35.4 Å². The number of carbonyl (C=O) groups is 1. The van der Waals surface area contributed by atoms with Crippen LogP contribution in [-0.4, -0.2) is 18.0 Å². The Balaban J connectivity index is 2.06. The van der Waals surface area contributed by atoms with Gasteiger partial charge >= 0.3 is 0 Å². The minimum absolute atomic E-state index is 0.0129. The lowest BCUT2D eigenvalue weighted by Crippen LogP contribution is -2.43. The van der Waals surface area contributed by atoms with Crippen LogP contribution in [0.2, 0.25) is 0 Å². The number of rotatable bonds is 4. The van der Waals surface area contributed by atoms with Gasteiger partial charge in [0.2, 0.25) is 0 Å². The van der Waals surface area contributed by atoms with E-state index in [-0.39, 0.29) is 11.4 Å². The molecule has 0 saturated heterocycles. The Hall–Kier alpha value is -1.35. The van der Waals surface area contributed by atoms with Crippen LogP contribution in [0.5, 0.6) is 0 Å². The second kappa shape index (κ2) is 5.53. The number of nitrogens with two attached hydrogens (primary N) is 1. The Bertz CT molecular complexity index is 422. The Kier molecular flexibility index (Phi) is 4.02. The first kappa shape index (κ1) is 13.1. The van der Waals surface area contributed by atoms with E-state index in [0.29, 0.717) is 6.54 Å². The molecule has 0 aromatic heterocycles. The zero-order chi connectivity index (χ0) is 13.0. The quantitative estimate of drug-likeness (QED) is 0.856. The fourth-order valence-corrected chi connectivity index (χ4v) is 2.66. The number of amides is 1. The normalized spacial score (nSPS) is 17.7. The molecule has 0 spiro atoms. The van der Waals surface area contributed by atoms with Gasteiger partial charge in [0, 0.05) is 11.1 Å². The largest absolute Gasteiger partial charge is 0.347 e.